The van der Waals surface area contributed by atoms with Crippen molar-refractivity contribution in [3.05, 3.63) is 35.4 Å². The molecule has 2 nitrogen and oxygen atoms in total. The lowest BCUT2D eigenvalue weighted by Gasteiger charge is -2.38. The number of halogens is 2. The lowest BCUT2D eigenvalue weighted by Crippen LogP contribution is -2.41. The maximum atomic E-state index is 13.9. The minimum absolute atomic E-state index is 0.149. The van der Waals surface area contributed by atoms with Gasteiger partial charge in [-0.15, -0.1) is 0 Å². The van der Waals surface area contributed by atoms with Gasteiger partial charge in [0.1, 0.15) is 11.6 Å². The summed E-state index contributed by atoms with van der Waals surface area (Å²) in [6.07, 6.45) is 2.24. The van der Waals surface area contributed by atoms with Crippen LogP contribution in [0.25, 0.3) is 0 Å². The van der Waals surface area contributed by atoms with Crippen molar-refractivity contribution in [3.63, 3.8) is 0 Å². The third-order valence-electron chi connectivity index (χ3n) is 4.50. The van der Waals surface area contributed by atoms with Gasteiger partial charge in [0, 0.05) is 24.2 Å². The Hall–Kier alpha value is -1.00. The van der Waals surface area contributed by atoms with Crippen LogP contribution < -0.4 is 5.73 Å². The van der Waals surface area contributed by atoms with Gasteiger partial charge in [-0.3, -0.25) is 4.90 Å². The molecule has 1 unspecified atom stereocenters. The molecule has 0 radical (unpaired) electrons. The van der Waals surface area contributed by atoms with Crippen molar-refractivity contribution in [2.24, 2.45) is 17.6 Å². The lowest BCUT2D eigenvalue weighted by atomic mass is 9.86. The summed E-state index contributed by atoms with van der Waals surface area (Å²) in [5.41, 5.74) is 6.35. The van der Waals surface area contributed by atoms with Crippen molar-refractivity contribution in [1.82, 2.24) is 4.90 Å². The van der Waals surface area contributed by atoms with Crippen LogP contribution in [-0.4, -0.2) is 24.5 Å². The fourth-order valence-corrected chi connectivity index (χ4v) is 3.14. The molecular weight excluding hydrogens is 258 g/mol. The first-order valence-electron chi connectivity index (χ1n) is 7.42. The second-order valence-electron chi connectivity index (χ2n) is 6.03. The predicted octanol–water partition coefficient (Wildman–Crippen LogP) is 3.33. The van der Waals surface area contributed by atoms with E-state index < -0.39 is 11.6 Å². The zero-order chi connectivity index (χ0) is 14.7. The van der Waals surface area contributed by atoms with Crippen LogP contribution in [0, 0.1) is 23.5 Å². The lowest BCUT2D eigenvalue weighted by molar-refractivity contribution is 0.115. The van der Waals surface area contributed by atoms with Gasteiger partial charge in [-0.05, 0) is 43.8 Å². The zero-order valence-electron chi connectivity index (χ0n) is 12.3. The van der Waals surface area contributed by atoms with E-state index >= 15 is 0 Å². The predicted molar refractivity (Wildman–Crippen MR) is 77.3 cm³/mol. The third-order valence-corrected chi connectivity index (χ3v) is 4.50. The molecule has 0 aliphatic carbocycles. The quantitative estimate of drug-likeness (QED) is 0.918. The molecule has 0 bridgehead atoms. The van der Waals surface area contributed by atoms with E-state index in [0.29, 0.717) is 18.0 Å². The highest BCUT2D eigenvalue weighted by Crippen LogP contribution is 2.30. The smallest absolute Gasteiger partial charge is 0.130 e. The number of hydrogen-bond acceptors (Lipinski definition) is 2. The highest BCUT2D eigenvalue weighted by molar-refractivity contribution is 5.22. The van der Waals surface area contributed by atoms with Gasteiger partial charge in [0.05, 0.1) is 0 Å². The molecule has 2 N–H and O–H groups in total. The molecule has 112 valence electrons. The first-order valence-corrected chi connectivity index (χ1v) is 7.42. The number of benzene rings is 1. The molecule has 1 aliphatic heterocycles. The second kappa shape index (κ2) is 6.64. The summed E-state index contributed by atoms with van der Waals surface area (Å²) >= 11 is 0. The Labute approximate surface area is 120 Å². The van der Waals surface area contributed by atoms with Crippen molar-refractivity contribution in [1.29, 1.82) is 0 Å². The number of likely N-dealkylation sites (tertiary alicyclic amines) is 1. The van der Waals surface area contributed by atoms with Gasteiger partial charge >= 0.3 is 0 Å². The van der Waals surface area contributed by atoms with E-state index in [1.165, 1.54) is 12.1 Å². The largest absolute Gasteiger partial charge is 0.329 e. The molecule has 1 aliphatic rings. The average Bonchev–Trinajstić information content (AvgIpc) is 2.42. The van der Waals surface area contributed by atoms with E-state index in [2.05, 4.69) is 18.7 Å². The summed E-state index contributed by atoms with van der Waals surface area (Å²) in [6.45, 7) is 6.72. The van der Waals surface area contributed by atoms with Gasteiger partial charge < -0.3 is 5.73 Å². The molecule has 0 aromatic heterocycles. The van der Waals surface area contributed by atoms with Crippen LogP contribution in [0.2, 0.25) is 0 Å². The van der Waals surface area contributed by atoms with Crippen LogP contribution in [0.3, 0.4) is 0 Å². The van der Waals surface area contributed by atoms with Gasteiger partial charge in [0.15, 0.2) is 0 Å². The molecule has 1 saturated heterocycles. The molecule has 1 aromatic carbocycles. The Bertz CT molecular complexity index is 440. The van der Waals surface area contributed by atoms with Gasteiger partial charge in [0.2, 0.25) is 0 Å². The van der Waals surface area contributed by atoms with Gasteiger partial charge in [-0.1, -0.05) is 19.9 Å². The Morgan fingerprint density at radius 2 is 1.90 bits per heavy atom. The van der Waals surface area contributed by atoms with Crippen molar-refractivity contribution < 1.29 is 8.78 Å². The number of rotatable bonds is 4. The molecule has 1 atom stereocenters. The van der Waals surface area contributed by atoms with Gasteiger partial charge in [0.25, 0.3) is 0 Å². The van der Waals surface area contributed by atoms with E-state index in [1.54, 1.807) is 0 Å². The van der Waals surface area contributed by atoms with E-state index in [1.807, 2.05) is 0 Å². The van der Waals surface area contributed by atoms with Crippen molar-refractivity contribution >= 4 is 0 Å². The van der Waals surface area contributed by atoms with E-state index in [4.69, 9.17) is 5.73 Å². The van der Waals surface area contributed by atoms with Crippen LogP contribution in [0.1, 0.15) is 38.3 Å². The molecule has 0 amide bonds. The summed E-state index contributed by atoms with van der Waals surface area (Å²) in [6, 6.07) is 3.63. The molecule has 0 spiro atoms. The monoisotopic (exact) mass is 282 g/mol. The first kappa shape index (κ1) is 15.4. The summed E-state index contributed by atoms with van der Waals surface area (Å²) in [7, 11) is 0. The minimum Gasteiger partial charge on any atom is -0.329 e. The van der Waals surface area contributed by atoms with Crippen molar-refractivity contribution in [2.75, 3.05) is 19.6 Å². The molecule has 2 rings (SSSR count). The maximum Gasteiger partial charge on any atom is 0.130 e. The SMILES string of the molecule is CC(C)C1CCN(C(CN)c2ccc(F)cc2F)CC1. The molecule has 4 heteroatoms. The van der Waals surface area contributed by atoms with Crippen molar-refractivity contribution in [3.8, 4) is 0 Å². The van der Waals surface area contributed by atoms with E-state index in [0.717, 1.165) is 37.9 Å². The topological polar surface area (TPSA) is 29.3 Å². The molecule has 20 heavy (non-hydrogen) atoms. The fraction of sp³-hybridized carbons (Fsp3) is 0.625. The Balaban J connectivity index is 2.09. The summed E-state index contributed by atoms with van der Waals surface area (Å²) < 4.78 is 26.9. The summed E-state index contributed by atoms with van der Waals surface area (Å²) in [4.78, 5) is 2.23. The van der Waals surface area contributed by atoms with Crippen molar-refractivity contribution in [2.45, 2.75) is 32.7 Å². The number of nitrogens with two attached hydrogens (primary N) is 1. The first-order chi connectivity index (χ1) is 9.52. The highest BCUT2D eigenvalue weighted by atomic mass is 19.1. The molecule has 1 heterocycles. The Morgan fingerprint density at radius 3 is 2.40 bits per heavy atom. The third kappa shape index (κ3) is 3.36. The standard InChI is InChI=1S/C16H24F2N2/c1-11(2)12-5-7-20(8-6-12)16(10-19)14-4-3-13(17)9-15(14)18/h3-4,9,11-12,16H,5-8,10,19H2,1-2H3. The van der Waals surface area contributed by atoms with Gasteiger partial charge in [-0.2, -0.15) is 0 Å². The number of hydrogen-bond donors (Lipinski definition) is 1. The Kier molecular flexibility index (Phi) is 5.11. The summed E-state index contributed by atoms with van der Waals surface area (Å²) in [5, 5.41) is 0. The Morgan fingerprint density at radius 1 is 1.25 bits per heavy atom. The second-order valence-corrected chi connectivity index (χ2v) is 6.03. The van der Waals surface area contributed by atoms with E-state index in [-0.39, 0.29) is 6.04 Å². The average molecular weight is 282 g/mol. The number of piperidine rings is 1. The highest BCUT2D eigenvalue weighted by Gasteiger charge is 2.28. The van der Waals surface area contributed by atoms with Crippen LogP contribution in [0.4, 0.5) is 8.78 Å². The maximum absolute atomic E-state index is 13.9. The normalized spacial score (nSPS) is 19.5. The molecule has 1 aromatic rings. The fourth-order valence-electron chi connectivity index (χ4n) is 3.14. The van der Waals surface area contributed by atoms with Crippen LogP contribution in [-0.2, 0) is 0 Å². The molecule has 0 saturated carbocycles. The van der Waals surface area contributed by atoms with E-state index in [9.17, 15) is 8.78 Å². The van der Waals surface area contributed by atoms with Crippen LogP contribution in [0.5, 0.6) is 0 Å². The minimum atomic E-state index is -0.541. The molecular formula is C16H24F2N2. The van der Waals surface area contributed by atoms with Crippen LogP contribution in [0.15, 0.2) is 18.2 Å². The number of nitrogens with zero attached hydrogens (tertiary/aromatic N) is 1. The van der Waals surface area contributed by atoms with Crippen LogP contribution >= 0.6 is 0 Å². The zero-order valence-corrected chi connectivity index (χ0v) is 12.3. The summed E-state index contributed by atoms with van der Waals surface area (Å²) in [5.74, 6) is 0.394. The molecule has 1 fully saturated rings. The van der Waals surface area contributed by atoms with Gasteiger partial charge in [-0.25, -0.2) is 8.78 Å².